The van der Waals surface area contributed by atoms with E-state index in [-0.39, 0.29) is 22.2 Å². The van der Waals surface area contributed by atoms with Crippen LogP contribution in [-0.4, -0.2) is 75.4 Å². The highest BCUT2D eigenvalue weighted by Gasteiger charge is 2.54. The predicted octanol–water partition coefficient (Wildman–Crippen LogP) is 2.30. The number of carbonyl (C=O) groups excluding carboxylic acids is 4. The van der Waals surface area contributed by atoms with E-state index < -0.39 is 47.4 Å². The number of hydrogen-bond acceptors (Lipinski definition) is 14. The number of thioether (sulfide) groups is 1. The van der Waals surface area contributed by atoms with E-state index >= 15 is 0 Å². The molecule has 1 fully saturated rings. The van der Waals surface area contributed by atoms with E-state index in [2.05, 4.69) is 20.4 Å². The minimum atomic E-state index is -0.957. The first-order valence-corrected chi connectivity index (χ1v) is 15.0. The molecule has 2 amide bonds. The molecule has 2 aromatic rings. The van der Waals surface area contributed by atoms with Crippen LogP contribution in [0.4, 0.5) is 5.13 Å². The van der Waals surface area contributed by atoms with E-state index in [1.165, 1.54) is 35.1 Å². The molecule has 1 saturated heterocycles. The maximum absolute atomic E-state index is 13.3. The van der Waals surface area contributed by atoms with Gasteiger partial charge in [0.25, 0.3) is 11.8 Å². The Labute approximate surface area is 247 Å². The highest BCUT2D eigenvalue weighted by Crippen LogP contribution is 2.41. The maximum Gasteiger partial charge on any atom is 0.358 e. The fourth-order valence-electron chi connectivity index (χ4n) is 3.73. The number of fused-ring (bicyclic) bond motifs is 1. The summed E-state index contributed by atoms with van der Waals surface area (Å²) in [6.45, 7) is 6.27. The number of ether oxygens (including phenoxy) is 2. The minimum absolute atomic E-state index is 0.00697. The van der Waals surface area contributed by atoms with Gasteiger partial charge in [-0.1, -0.05) is 11.2 Å². The van der Waals surface area contributed by atoms with Crippen molar-refractivity contribution < 1.29 is 33.5 Å². The van der Waals surface area contributed by atoms with Gasteiger partial charge in [0, 0.05) is 16.0 Å². The molecule has 0 radical (unpaired) electrons. The first-order chi connectivity index (χ1) is 19.4. The molecule has 0 aromatic carbocycles. The molecular formula is C25H28N6O7S3. The highest BCUT2D eigenvalue weighted by molar-refractivity contribution is 8.00. The van der Waals surface area contributed by atoms with Crippen LogP contribution < -0.4 is 11.1 Å². The van der Waals surface area contributed by atoms with Gasteiger partial charge in [-0.05, 0) is 39.3 Å². The van der Waals surface area contributed by atoms with Gasteiger partial charge in [0.15, 0.2) is 10.8 Å². The van der Waals surface area contributed by atoms with Crippen LogP contribution >= 0.6 is 34.4 Å². The first-order valence-electron chi connectivity index (χ1n) is 12.2. The number of nitrogens with zero attached hydrogens (tertiary/aromatic N) is 4. The van der Waals surface area contributed by atoms with Crippen molar-refractivity contribution in [2.45, 2.75) is 39.1 Å². The lowest BCUT2D eigenvalue weighted by Crippen LogP contribution is -2.71. The van der Waals surface area contributed by atoms with Crippen molar-refractivity contribution in [1.82, 2.24) is 20.2 Å². The number of β-lactam (4-membered cyclic amide) rings is 1. The molecule has 3 N–H and O–H groups in total. The monoisotopic (exact) mass is 620 g/mol. The van der Waals surface area contributed by atoms with Crippen LogP contribution in [-0.2, 0) is 33.5 Å². The summed E-state index contributed by atoms with van der Waals surface area (Å²) >= 11 is 3.92. The molecule has 4 heterocycles. The predicted molar refractivity (Wildman–Crippen MR) is 155 cm³/mol. The number of nitrogens with two attached hydrogens (primary N) is 1. The Hall–Kier alpha value is -3.76. The molecule has 2 atom stereocenters. The summed E-state index contributed by atoms with van der Waals surface area (Å²) < 4.78 is 10.3. The van der Waals surface area contributed by atoms with Crippen LogP contribution in [0.1, 0.15) is 37.0 Å². The summed E-state index contributed by atoms with van der Waals surface area (Å²) in [4.78, 5) is 67.0. The Balaban J connectivity index is 1.55. The summed E-state index contributed by atoms with van der Waals surface area (Å²) in [6.07, 6.45) is 3.55. The number of aryl methyl sites for hydroxylation is 1. The van der Waals surface area contributed by atoms with E-state index in [4.69, 9.17) is 20.0 Å². The molecule has 0 spiro atoms. The lowest BCUT2D eigenvalue weighted by molar-refractivity contribution is -0.173. The van der Waals surface area contributed by atoms with Gasteiger partial charge >= 0.3 is 11.9 Å². The summed E-state index contributed by atoms with van der Waals surface area (Å²) in [7, 11) is 1.28. The van der Waals surface area contributed by atoms with Gasteiger partial charge in [0.2, 0.25) is 6.79 Å². The van der Waals surface area contributed by atoms with Gasteiger partial charge < -0.3 is 25.4 Å². The zero-order chi connectivity index (χ0) is 29.9. The zero-order valence-electron chi connectivity index (χ0n) is 22.8. The van der Waals surface area contributed by atoms with E-state index in [1.807, 2.05) is 13.0 Å². The van der Waals surface area contributed by atoms with Gasteiger partial charge in [-0.25, -0.2) is 14.8 Å². The second-order valence-electron chi connectivity index (χ2n) is 9.80. The fraction of sp³-hybridized carbons (Fsp3) is 0.400. The van der Waals surface area contributed by atoms with Gasteiger partial charge in [-0.15, -0.1) is 34.4 Å². The number of thiazole rings is 2. The molecule has 218 valence electrons. The minimum Gasteiger partial charge on any atom is -0.427 e. The largest absolute Gasteiger partial charge is 0.427 e. The molecule has 16 heteroatoms. The number of aromatic nitrogens is 2. The number of nitrogens with one attached hydrogen (secondary N) is 1. The van der Waals surface area contributed by atoms with Crippen molar-refractivity contribution >= 4 is 75.1 Å². The van der Waals surface area contributed by atoms with Crippen molar-refractivity contribution in [1.29, 1.82) is 0 Å². The third-order valence-electron chi connectivity index (χ3n) is 5.85. The Morgan fingerprint density at radius 1 is 1.24 bits per heavy atom. The molecule has 0 aliphatic carbocycles. The fourth-order valence-corrected chi connectivity index (χ4v) is 6.29. The van der Waals surface area contributed by atoms with Gasteiger partial charge in [-0.2, -0.15) is 0 Å². The summed E-state index contributed by atoms with van der Waals surface area (Å²) in [5, 5.41) is 7.59. The first kappa shape index (κ1) is 30.2. The smallest absolute Gasteiger partial charge is 0.358 e. The maximum atomic E-state index is 13.3. The number of amides is 2. The van der Waals surface area contributed by atoms with Crippen LogP contribution in [0.25, 0.3) is 6.08 Å². The number of hydrogen-bond donors (Lipinski definition) is 2. The van der Waals surface area contributed by atoms with Crippen molar-refractivity contribution in [2.75, 3.05) is 25.4 Å². The van der Waals surface area contributed by atoms with Crippen LogP contribution in [0, 0.1) is 12.3 Å². The van der Waals surface area contributed by atoms with E-state index in [0.29, 0.717) is 11.3 Å². The van der Waals surface area contributed by atoms with Crippen LogP contribution in [0.2, 0.25) is 0 Å². The SMILES string of the molecule is CO/N=C(\C(=O)N[C@H]1C(=O)N2C(C(=O)OCOC(=O)C(C)(C)C)=C(/C=C\c3scnc3C)CS[C@H]12)c1csc(N)n1. The average Bonchev–Trinajstić information content (AvgIpc) is 3.54. The number of nitrogen functional groups attached to an aromatic ring is 1. The molecule has 41 heavy (non-hydrogen) atoms. The van der Waals surface area contributed by atoms with Gasteiger partial charge in [-0.3, -0.25) is 19.3 Å². The van der Waals surface area contributed by atoms with Crippen LogP contribution in [0.15, 0.2) is 33.4 Å². The Kier molecular flexibility index (Phi) is 9.14. The average molecular weight is 621 g/mol. The van der Waals surface area contributed by atoms with E-state index in [1.54, 1.807) is 37.7 Å². The Bertz CT molecular complexity index is 1460. The number of anilines is 1. The van der Waals surface area contributed by atoms with Crippen molar-refractivity contribution in [2.24, 2.45) is 10.6 Å². The molecule has 13 nitrogen and oxygen atoms in total. The van der Waals surface area contributed by atoms with Gasteiger partial charge in [0.05, 0.1) is 16.6 Å². The molecule has 2 aliphatic heterocycles. The molecular weight excluding hydrogens is 593 g/mol. The normalized spacial score (nSPS) is 19.1. The number of oxime groups is 1. The standard InChI is InChI=1S/C25H28N6O7S3/c1-12-15(41-10-27-12)7-6-13-8-39-21-17(29-19(32)16(30-36-5)14-9-40-24(26)28-14)20(33)31(21)18(13)22(34)37-11-38-23(35)25(2,3)4/h6-7,9-10,17,21H,8,11H2,1-5H3,(H2,26,28)(H,29,32)/b7-6-,30-16-/t17-,21+/m0/s1. The topological polar surface area (TPSA) is 175 Å². The zero-order valence-corrected chi connectivity index (χ0v) is 25.3. The highest BCUT2D eigenvalue weighted by atomic mass is 32.2. The van der Waals surface area contributed by atoms with Gasteiger partial charge in [0.1, 0.15) is 29.9 Å². The summed E-state index contributed by atoms with van der Waals surface area (Å²) in [6, 6.07) is -0.957. The lowest BCUT2D eigenvalue weighted by atomic mass is 9.98. The van der Waals surface area contributed by atoms with Crippen molar-refractivity contribution in [3.05, 3.63) is 44.5 Å². The van der Waals surface area contributed by atoms with Crippen LogP contribution in [0.5, 0.6) is 0 Å². The Morgan fingerprint density at radius 3 is 2.61 bits per heavy atom. The third kappa shape index (κ3) is 6.60. The molecule has 2 aliphatic rings. The number of esters is 2. The lowest BCUT2D eigenvalue weighted by Gasteiger charge is -2.49. The van der Waals surface area contributed by atoms with E-state index in [0.717, 1.165) is 21.9 Å². The van der Waals surface area contributed by atoms with E-state index in [9.17, 15) is 19.2 Å². The molecule has 0 saturated carbocycles. The molecule has 0 bridgehead atoms. The number of rotatable bonds is 9. The Morgan fingerprint density at radius 2 is 2.00 bits per heavy atom. The number of carbonyl (C=O) groups is 4. The molecule has 4 rings (SSSR count). The van der Waals surface area contributed by atoms with Crippen molar-refractivity contribution in [3.63, 3.8) is 0 Å². The third-order valence-corrected chi connectivity index (χ3v) is 8.72. The quantitative estimate of drug-likeness (QED) is 0.138. The molecule has 2 aromatic heterocycles. The summed E-state index contributed by atoms with van der Waals surface area (Å²) in [5.74, 6) is -2.26. The number of allylic oxidation sites excluding steroid dienone is 1. The van der Waals surface area contributed by atoms with Crippen molar-refractivity contribution in [3.8, 4) is 0 Å². The molecule has 0 unspecified atom stereocenters. The van der Waals surface area contributed by atoms with Crippen LogP contribution in [0.3, 0.4) is 0 Å². The second-order valence-corrected chi connectivity index (χ2v) is 12.7. The second kappa shape index (κ2) is 12.4. The summed E-state index contributed by atoms with van der Waals surface area (Å²) in [5.41, 5.74) is 8.03.